The zero-order valence-corrected chi connectivity index (χ0v) is 16.1. The molecule has 136 valence electrons. The summed E-state index contributed by atoms with van der Waals surface area (Å²) in [6.45, 7) is 2.70. The Morgan fingerprint density at radius 3 is 2.88 bits per heavy atom. The van der Waals surface area contributed by atoms with Gasteiger partial charge in [0.1, 0.15) is 0 Å². The van der Waals surface area contributed by atoms with E-state index in [1.165, 1.54) is 17.3 Å². The number of benzene rings is 2. The van der Waals surface area contributed by atoms with Crippen molar-refractivity contribution in [3.63, 3.8) is 0 Å². The molecule has 0 radical (unpaired) electrons. The molecule has 0 aliphatic heterocycles. The monoisotopic (exact) mass is 388 g/mol. The Balaban J connectivity index is 1.50. The number of thioether (sulfide) groups is 1. The summed E-state index contributed by atoms with van der Waals surface area (Å²) in [5.74, 6) is 0.505. The smallest absolute Gasteiger partial charge is 0.172 e. The first-order chi connectivity index (χ1) is 12.6. The van der Waals surface area contributed by atoms with E-state index < -0.39 is 6.10 Å². The molecule has 1 aromatic heterocycles. The lowest BCUT2D eigenvalue weighted by atomic mass is 10.2. The van der Waals surface area contributed by atoms with Gasteiger partial charge in [-0.2, -0.15) is 0 Å². The molecular weight excluding hydrogens is 368 g/mol. The van der Waals surface area contributed by atoms with Crippen LogP contribution in [0.25, 0.3) is 5.69 Å². The van der Waals surface area contributed by atoms with E-state index in [0.29, 0.717) is 17.4 Å². The highest BCUT2D eigenvalue weighted by Gasteiger charge is 2.11. The number of hydrogen-bond donors (Lipinski definition) is 1. The quantitative estimate of drug-likeness (QED) is 0.577. The molecule has 3 aromatic rings. The number of aliphatic hydroxyl groups excluding tert-OH is 1. The molecule has 2 aromatic carbocycles. The lowest BCUT2D eigenvalue weighted by Gasteiger charge is -2.12. The summed E-state index contributed by atoms with van der Waals surface area (Å²) >= 11 is 7.61. The fourth-order valence-electron chi connectivity index (χ4n) is 2.51. The molecule has 0 spiro atoms. The van der Waals surface area contributed by atoms with Gasteiger partial charge in [0.2, 0.25) is 0 Å². The normalized spacial score (nSPS) is 12.3. The largest absolute Gasteiger partial charge is 0.390 e. The first kappa shape index (κ1) is 19.0. The number of aromatic nitrogens is 2. The lowest BCUT2D eigenvalue weighted by molar-refractivity contribution is 0.0398. The SMILES string of the molecule is Cc1cccc(-n2ccnc2SCC(O)COCc2ccccc2Cl)c1. The average molecular weight is 389 g/mol. The zero-order valence-electron chi connectivity index (χ0n) is 14.5. The van der Waals surface area contributed by atoms with Crippen LogP contribution in [0.2, 0.25) is 5.02 Å². The highest BCUT2D eigenvalue weighted by molar-refractivity contribution is 7.99. The van der Waals surface area contributed by atoms with Crippen molar-refractivity contribution in [2.24, 2.45) is 0 Å². The first-order valence-corrected chi connectivity index (χ1v) is 9.72. The van der Waals surface area contributed by atoms with Gasteiger partial charge < -0.3 is 9.84 Å². The summed E-state index contributed by atoms with van der Waals surface area (Å²) < 4.78 is 7.61. The van der Waals surface area contributed by atoms with E-state index in [0.717, 1.165) is 16.4 Å². The molecule has 1 unspecified atom stereocenters. The van der Waals surface area contributed by atoms with Gasteiger partial charge in [0, 0.05) is 28.9 Å². The van der Waals surface area contributed by atoms with Gasteiger partial charge in [0.05, 0.1) is 19.3 Å². The van der Waals surface area contributed by atoms with Crippen LogP contribution in [0.15, 0.2) is 66.1 Å². The fourth-order valence-corrected chi connectivity index (χ4v) is 3.58. The average Bonchev–Trinajstić information content (AvgIpc) is 3.10. The third kappa shape index (κ3) is 5.11. The number of aryl methyl sites for hydroxylation is 1. The number of halogens is 1. The van der Waals surface area contributed by atoms with E-state index in [2.05, 4.69) is 24.0 Å². The van der Waals surface area contributed by atoms with Crippen molar-refractivity contribution in [2.45, 2.75) is 24.8 Å². The van der Waals surface area contributed by atoms with Gasteiger partial charge in [-0.05, 0) is 36.2 Å². The Morgan fingerprint density at radius 2 is 2.08 bits per heavy atom. The Morgan fingerprint density at radius 1 is 1.23 bits per heavy atom. The molecule has 26 heavy (non-hydrogen) atoms. The van der Waals surface area contributed by atoms with Gasteiger partial charge in [-0.25, -0.2) is 4.98 Å². The molecular formula is C20H21ClN2O2S. The van der Waals surface area contributed by atoms with Crippen molar-refractivity contribution < 1.29 is 9.84 Å². The summed E-state index contributed by atoms with van der Waals surface area (Å²) in [5, 5.41) is 11.7. The van der Waals surface area contributed by atoms with E-state index in [-0.39, 0.29) is 6.61 Å². The summed E-state index contributed by atoms with van der Waals surface area (Å²) in [4.78, 5) is 4.39. The number of rotatable bonds is 8. The summed E-state index contributed by atoms with van der Waals surface area (Å²) in [7, 11) is 0. The highest BCUT2D eigenvalue weighted by atomic mass is 35.5. The van der Waals surface area contributed by atoms with Gasteiger partial charge in [-0.1, -0.05) is 53.7 Å². The predicted octanol–water partition coefficient (Wildman–Crippen LogP) is 4.50. The molecule has 1 heterocycles. The van der Waals surface area contributed by atoms with Crippen molar-refractivity contribution >= 4 is 23.4 Å². The van der Waals surface area contributed by atoms with Crippen LogP contribution < -0.4 is 0 Å². The minimum atomic E-state index is -0.579. The maximum atomic E-state index is 10.2. The van der Waals surface area contributed by atoms with Gasteiger partial charge in [-0.15, -0.1) is 0 Å². The lowest BCUT2D eigenvalue weighted by Crippen LogP contribution is -2.18. The molecule has 0 bridgehead atoms. The van der Waals surface area contributed by atoms with Crippen molar-refractivity contribution in [3.05, 3.63) is 77.1 Å². The molecule has 4 nitrogen and oxygen atoms in total. The third-order valence-electron chi connectivity index (χ3n) is 3.82. The Kier molecular flexibility index (Phi) is 6.74. The molecule has 0 saturated carbocycles. The van der Waals surface area contributed by atoms with E-state index in [1.54, 1.807) is 6.20 Å². The molecule has 0 amide bonds. The second-order valence-electron chi connectivity index (χ2n) is 5.99. The second-order valence-corrected chi connectivity index (χ2v) is 7.38. The molecule has 0 fully saturated rings. The van der Waals surface area contributed by atoms with Crippen molar-refractivity contribution in [1.29, 1.82) is 0 Å². The molecule has 0 aliphatic carbocycles. The Labute approximate surface area is 162 Å². The van der Waals surface area contributed by atoms with Gasteiger partial charge in [0.25, 0.3) is 0 Å². The number of nitrogens with zero attached hydrogens (tertiary/aromatic N) is 2. The Hall–Kier alpha value is -1.79. The van der Waals surface area contributed by atoms with E-state index in [4.69, 9.17) is 16.3 Å². The van der Waals surface area contributed by atoms with Crippen LogP contribution in [0, 0.1) is 6.92 Å². The maximum absolute atomic E-state index is 10.2. The fraction of sp³-hybridized carbons (Fsp3) is 0.250. The third-order valence-corrected chi connectivity index (χ3v) is 5.30. The second kappa shape index (κ2) is 9.24. The molecule has 6 heteroatoms. The topological polar surface area (TPSA) is 47.3 Å². The standard InChI is InChI=1S/C20H21ClN2O2S/c1-15-5-4-7-17(11-15)23-10-9-22-20(23)26-14-18(24)13-25-12-16-6-2-3-8-19(16)21/h2-11,18,24H,12-14H2,1H3. The van der Waals surface area contributed by atoms with Gasteiger partial charge in [0.15, 0.2) is 5.16 Å². The number of hydrogen-bond acceptors (Lipinski definition) is 4. The number of imidazole rings is 1. The van der Waals surface area contributed by atoms with Crippen molar-refractivity contribution in [2.75, 3.05) is 12.4 Å². The molecule has 1 N–H and O–H groups in total. The van der Waals surface area contributed by atoms with Crippen LogP contribution in [0.3, 0.4) is 0 Å². The van der Waals surface area contributed by atoms with Gasteiger partial charge in [-0.3, -0.25) is 4.57 Å². The molecule has 1 atom stereocenters. The van der Waals surface area contributed by atoms with Crippen molar-refractivity contribution in [3.8, 4) is 5.69 Å². The van der Waals surface area contributed by atoms with Crippen LogP contribution in [0.1, 0.15) is 11.1 Å². The molecule has 0 saturated heterocycles. The van der Waals surface area contributed by atoms with Crippen LogP contribution in [-0.4, -0.2) is 33.1 Å². The summed E-state index contributed by atoms with van der Waals surface area (Å²) in [6, 6.07) is 15.8. The minimum absolute atomic E-state index is 0.253. The summed E-state index contributed by atoms with van der Waals surface area (Å²) in [6.07, 6.45) is 3.12. The predicted molar refractivity (Wildman–Crippen MR) is 106 cm³/mol. The van der Waals surface area contributed by atoms with E-state index in [1.807, 2.05) is 47.2 Å². The van der Waals surface area contributed by atoms with Crippen LogP contribution in [0.5, 0.6) is 0 Å². The minimum Gasteiger partial charge on any atom is -0.390 e. The van der Waals surface area contributed by atoms with E-state index in [9.17, 15) is 5.11 Å². The van der Waals surface area contributed by atoms with Crippen LogP contribution >= 0.6 is 23.4 Å². The number of ether oxygens (including phenoxy) is 1. The first-order valence-electron chi connectivity index (χ1n) is 8.36. The zero-order chi connectivity index (χ0) is 18.4. The Bertz CT molecular complexity index is 853. The van der Waals surface area contributed by atoms with Crippen LogP contribution in [-0.2, 0) is 11.3 Å². The van der Waals surface area contributed by atoms with Crippen molar-refractivity contribution in [1.82, 2.24) is 9.55 Å². The molecule has 3 rings (SSSR count). The van der Waals surface area contributed by atoms with Crippen LogP contribution in [0.4, 0.5) is 0 Å². The van der Waals surface area contributed by atoms with E-state index >= 15 is 0 Å². The summed E-state index contributed by atoms with van der Waals surface area (Å²) in [5.41, 5.74) is 3.18. The molecule has 0 aliphatic rings. The van der Waals surface area contributed by atoms with Gasteiger partial charge >= 0.3 is 0 Å². The highest BCUT2D eigenvalue weighted by Crippen LogP contribution is 2.22. The maximum Gasteiger partial charge on any atom is 0.172 e. The number of aliphatic hydroxyl groups is 1.